The second kappa shape index (κ2) is 3.52. The predicted molar refractivity (Wildman–Crippen MR) is 59.9 cm³/mol. The summed E-state index contributed by atoms with van der Waals surface area (Å²) < 4.78 is 23.1. The molecule has 0 fully saturated rings. The largest absolute Gasteiger partial charge is 0.301 e. The van der Waals surface area contributed by atoms with E-state index in [1.54, 1.807) is 12.1 Å². The molecule has 0 amide bonds. The van der Waals surface area contributed by atoms with Crippen LogP contribution in [-0.4, -0.2) is 26.2 Å². The van der Waals surface area contributed by atoms with E-state index >= 15 is 0 Å². The highest BCUT2D eigenvalue weighted by molar-refractivity contribution is 7.90. The van der Waals surface area contributed by atoms with Gasteiger partial charge < -0.3 is 5.41 Å². The second-order valence-corrected chi connectivity index (χ2v) is 5.85. The molecule has 1 N–H and O–H groups in total. The van der Waals surface area contributed by atoms with Crippen LogP contribution >= 0.6 is 0 Å². The smallest absolute Gasteiger partial charge is 0.206 e. The van der Waals surface area contributed by atoms with Crippen molar-refractivity contribution in [3.8, 4) is 0 Å². The molecule has 1 aromatic rings. The van der Waals surface area contributed by atoms with Gasteiger partial charge in [-0.15, -0.1) is 0 Å². The molecule has 0 heterocycles. The number of carbonyl (C=O) groups excluding carboxylic acids is 1. The topological polar surface area (TPSA) is 75.1 Å². The SMILES string of the molecule is CS(=O)(=O)c1cccc2c1CCC(=N)C2=O. The lowest BCUT2D eigenvalue weighted by atomic mass is 9.89. The summed E-state index contributed by atoms with van der Waals surface area (Å²) in [4.78, 5) is 11.9. The molecule has 0 atom stereocenters. The summed E-state index contributed by atoms with van der Waals surface area (Å²) in [5.74, 6) is -0.355. The van der Waals surface area contributed by atoms with Gasteiger partial charge in [0.05, 0.1) is 10.6 Å². The fourth-order valence-corrected chi connectivity index (χ4v) is 2.90. The molecule has 0 bridgehead atoms. The number of hydrogen-bond donors (Lipinski definition) is 1. The number of rotatable bonds is 1. The highest BCUT2D eigenvalue weighted by atomic mass is 32.2. The van der Waals surface area contributed by atoms with Gasteiger partial charge in [-0.1, -0.05) is 12.1 Å². The predicted octanol–water partition coefficient (Wildman–Crippen LogP) is 1.24. The lowest BCUT2D eigenvalue weighted by Crippen LogP contribution is -2.23. The van der Waals surface area contributed by atoms with Gasteiger partial charge in [-0.05, 0) is 24.5 Å². The van der Waals surface area contributed by atoms with Crippen LogP contribution in [0.1, 0.15) is 22.3 Å². The van der Waals surface area contributed by atoms with Crippen molar-refractivity contribution in [3.63, 3.8) is 0 Å². The standard InChI is InChI=1S/C11H11NO3S/c1-16(14,15)10-4-2-3-8-7(10)5-6-9(12)11(8)13/h2-4,12H,5-6H2,1H3. The van der Waals surface area contributed by atoms with Crippen LogP contribution in [-0.2, 0) is 16.3 Å². The summed E-state index contributed by atoms with van der Waals surface area (Å²) in [6, 6.07) is 4.64. The Balaban J connectivity index is 2.72. The van der Waals surface area contributed by atoms with E-state index in [0.29, 0.717) is 24.0 Å². The fourth-order valence-electron chi connectivity index (χ4n) is 1.91. The summed E-state index contributed by atoms with van der Waals surface area (Å²) in [6.45, 7) is 0. The van der Waals surface area contributed by atoms with Crippen LogP contribution < -0.4 is 0 Å². The maximum absolute atomic E-state index is 11.7. The van der Waals surface area contributed by atoms with E-state index in [1.807, 2.05) is 0 Å². The number of hydrogen-bond acceptors (Lipinski definition) is 4. The second-order valence-electron chi connectivity index (χ2n) is 3.86. The highest BCUT2D eigenvalue weighted by Crippen LogP contribution is 2.26. The molecular weight excluding hydrogens is 226 g/mol. The van der Waals surface area contributed by atoms with Crippen molar-refractivity contribution in [2.45, 2.75) is 17.7 Å². The zero-order chi connectivity index (χ0) is 11.9. The Labute approximate surface area is 93.7 Å². The Morgan fingerprint density at radius 3 is 2.56 bits per heavy atom. The molecule has 4 nitrogen and oxygen atoms in total. The van der Waals surface area contributed by atoms with E-state index in [1.165, 1.54) is 6.07 Å². The van der Waals surface area contributed by atoms with E-state index in [2.05, 4.69) is 0 Å². The first-order valence-corrected chi connectivity index (χ1v) is 6.74. The number of carbonyl (C=O) groups is 1. The lowest BCUT2D eigenvalue weighted by molar-refractivity contribution is 0.105. The van der Waals surface area contributed by atoms with Gasteiger partial charge in [-0.3, -0.25) is 4.79 Å². The van der Waals surface area contributed by atoms with Gasteiger partial charge >= 0.3 is 0 Å². The van der Waals surface area contributed by atoms with Crippen LogP contribution in [0, 0.1) is 5.41 Å². The molecule has 1 aromatic carbocycles. The van der Waals surface area contributed by atoms with Gasteiger partial charge in [0.1, 0.15) is 0 Å². The van der Waals surface area contributed by atoms with Crippen molar-refractivity contribution >= 4 is 21.3 Å². The molecule has 84 valence electrons. The summed E-state index contributed by atoms with van der Waals surface area (Å²) in [5.41, 5.74) is 0.975. The number of nitrogens with one attached hydrogen (secondary N) is 1. The van der Waals surface area contributed by atoms with Gasteiger partial charge in [0, 0.05) is 11.8 Å². The Morgan fingerprint density at radius 2 is 1.94 bits per heavy atom. The molecule has 2 rings (SSSR count). The summed E-state index contributed by atoms with van der Waals surface area (Å²) in [6.07, 6.45) is 1.90. The quantitative estimate of drug-likeness (QED) is 0.798. The molecule has 16 heavy (non-hydrogen) atoms. The average molecular weight is 237 g/mol. The normalized spacial score (nSPS) is 16.1. The van der Waals surface area contributed by atoms with Crippen molar-refractivity contribution in [3.05, 3.63) is 29.3 Å². The van der Waals surface area contributed by atoms with Gasteiger partial charge in [-0.25, -0.2) is 8.42 Å². The number of Topliss-reactive ketones (excluding diaryl/α,β-unsaturated/α-hetero) is 1. The molecular formula is C11H11NO3S. The van der Waals surface area contributed by atoms with Crippen molar-refractivity contribution < 1.29 is 13.2 Å². The summed E-state index contributed by atoms with van der Waals surface area (Å²) in [5, 5.41) is 7.45. The molecule has 1 aliphatic carbocycles. The molecule has 0 radical (unpaired) electrons. The van der Waals surface area contributed by atoms with Crippen LogP contribution in [0.3, 0.4) is 0 Å². The summed E-state index contributed by atoms with van der Waals surface area (Å²) in [7, 11) is -3.31. The minimum atomic E-state index is -3.31. The van der Waals surface area contributed by atoms with Crippen LogP contribution in [0.4, 0.5) is 0 Å². The zero-order valence-electron chi connectivity index (χ0n) is 8.78. The Kier molecular flexibility index (Phi) is 2.42. The van der Waals surface area contributed by atoms with Crippen LogP contribution in [0.15, 0.2) is 23.1 Å². The molecule has 0 unspecified atom stereocenters. The fraction of sp³-hybridized carbons (Fsp3) is 0.273. The van der Waals surface area contributed by atoms with Crippen LogP contribution in [0.2, 0.25) is 0 Å². The molecule has 0 saturated heterocycles. The molecule has 1 aliphatic rings. The van der Waals surface area contributed by atoms with Gasteiger partial charge in [0.25, 0.3) is 0 Å². The van der Waals surface area contributed by atoms with Crippen LogP contribution in [0.5, 0.6) is 0 Å². The van der Waals surface area contributed by atoms with E-state index in [4.69, 9.17) is 5.41 Å². The first-order valence-electron chi connectivity index (χ1n) is 4.85. The minimum Gasteiger partial charge on any atom is -0.301 e. The van der Waals surface area contributed by atoms with Crippen molar-refractivity contribution in [1.82, 2.24) is 0 Å². The van der Waals surface area contributed by atoms with E-state index in [-0.39, 0.29) is 16.4 Å². The number of ketones is 1. The number of benzene rings is 1. The third-order valence-corrected chi connectivity index (χ3v) is 3.86. The first-order chi connectivity index (χ1) is 7.41. The Morgan fingerprint density at radius 1 is 1.25 bits per heavy atom. The first kappa shape index (κ1) is 11.0. The maximum Gasteiger partial charge on any atom is 0.206 e. The zero-order valence-corrected chi connectivity index (χ0v) is 9.60. The van der Waals surface area contributed by atoms with Crippen LogP contribution in [0.25, 0.3) is 0 Å². The molecule has 5 heteroatoms. The molecule has 0 saturated carbocycles. The van der Waals surface area contributed by atoms with Crippen molar-refractivity contribution in [2.75, 3.05) is 6.26 Å². The average Bonchev–Trinajstić information content (AvgIpc) is 2.21. The molecule has 0 spiro atoms. The number of sulfone groups is 1. The Hall–Kier alpha value is -1.49. The van der Waals surface area contributed by atoms with Gasteiger partial charge in [-0.2, -0.15) is 0 Å². The van der Waals surface area contributed by atoms with E-state index in [0.717, 1.165) is 6.26 Å². The molecule has 0 aliphatic heterocycles. The van der Waals surface area contributed by atoms with E-state index in [9.17, 15) is 13.2 Å². The van der Waals surface area contributed by atoms with E-state index < -0.39 is 9.84 Å². The lowest BCUT2D eigenvalue weighted by Gasteiger charge is -2.17. The third kappa shape index (κ3) is 1.67. The van der Waals surface area contributed by atoms with Gasteiger partial charge in [0.15, 0.2) is 9.84 Å². The van der Waals surface area contributed by atoms with Gasteiger partial charge in [0.2, 0.25) is 5.78 Å². The third-order valence-electron chi connectivity index (χ3n) is 2.68. The minimum absolute atomic E-state index is 0.0538. The molecule has 0 aromatic heterocycles. The summed E-state index contributed by atoms with van der Waals surface area (Å²) >= 11 is 0. The number of fused-ring (bicyclic) bond motifs is 1. The Bertz CT molecular complexity index is 587. The van der Waals surface area contributed by atoms with Crippen molar-refractivity contribution in [2.24, 2.45) is 0 Å². The highest BCUT2D eigenvalue weighted by Gasteiger charge is 2.26. The monoisotopic (exact) mass is 237 g/mol. The van der Waals surface area contributed by atoms with Crippen molar-refractivity contribution in [1.29, 1.82) is 5.41 Å². The maximum atomic E-state index is 11.7.